The molecular formula is C10H11N3O3S. The van der Waals surface area contributed by atoms with E-state index >= 15 is 0 Å². The Morgan fingerprint density at radius 1 is 1.65 bits per heavy atom. The average Bonchev–Trinajstić information content (AvgIpc) is 2.89. The molecule has 0 aromatic carbocycles. The van der Waals surface area contributed by atoms with Gasteiger partial charge in [0.2, 0.25) is 0 Å². The molecule has 1 N–H and O–H groups in total. The molecule has 2 heterocycles. The van der Waals surface area contributed by atoms with Gasteiger partial charge in [0, 0.05) is 18.0 Å². The Morgan fingerprint density at radius 3 is 3.12 bits per heavy atom. The molecule has 0 amide bonds. The second-order valence-electron chi connectivity index (χ2n) is 3.44. The number of aliphatic carboxylic acids is 1. The molecule has 0 bridgehead atoms. The van der Waals surface area contributed by atoms with Crippen LogP contribution in [0.5, 0.6) is 0 Å². The highest BCUT2D eigenvalue weighted by molar-refractivity contribution is 7.99. The topological polar surface area (TPSA) is 81.1 Å². The second kappa shape index (κ2) is 5.05. The van der Waals surface area contributed by atoms with E-state index in [1.807, 2.05) is 11.5 Å². The van der Waals surface area contributed by atoms with Crippen LogP contribution < -0.4 is 0 Å². The molecule has 0 spiro atoms. The van der Waals surface area contributed by atoms with E-state index in [4.69, 9.17) is 9.63 Å². The zero-order valence-corrected chi connectivity index (χ0v) is 9.98. The monoisotopic (exact) mass is 253 g/mol. The molecule has 0 aliphatic heterocycles. The SMILES string of the molecule is Cc1cnc(SCC(=O)O)n1Cc1ccon1. The number of carbonyl (C=O) groups is 1. The molecule has 17 heavy (non-hydrogen) atoms. The third-order valence-electron chi connectivity index (χ3n) is 2.15. The van der Waals surface area contributed by atoms with Crippen molar-refractivity contribution >= 4 is 17.7 Å². The average molecular weight is 253 g/mol. The van der Waals surface area contributed by atoms with Crippen molar-refractivity contribution in [2.75, 3.05) is 5.75 Å². The van der Waals surface area contributed by atoms with Crippen molar-refractivity contribution in [3.63, 3.8) is 0 Å². The summed E-state index contributed by atoms with van der Waals surface area (Å²) in [5.74, 6) is -0.862. The zero-order chi connectivity index (χ0) is 12.3. The van der Waals surface area contributed by atoms with E-state index in [1.54, 1.807) is 12.3 Å². The smallest absolute Gasteiger partial charge is 0.313 e. The first kappa shape index (κ1) is 11.7. The largest absolute Gasteiger partial charge is 0.481 e. The molecule has 0 fully saturated rings. The lowest BCUT2D eigenvalue weighted by Gasteiger charge is -2.06. The van der Waals surface area contributed by atoms with Gasteiger partial charge >= 0.3 is 5.97 Å². The van der Waals surface area contributed by atoms with Crippen molar-refractivity contribution in [2.24, 2.45) is 0 Å². The van der Waals surface area contributed by atoms with Gasteiger partial charge in [-0.15, -0.1) is 0 Å². The normalized spacial score (nSPS) is 10.6. The van der Waals surface area contributed by atoms with Crippen molar-refractivity contribution in [2.45, 2.75) is 18.6 Å². The van der Waals surface area contributed by atoms with Crippen LogP contribution in [-0.4, -0.2) is 31.5 Å². The number of thioether (sulfide) groups is 1. The number of aromatic nitrogens is 3. The molecule has 0 aliphatic rings. The fourth-order valence-corrected chi connectivity index (χ4v) is 2.10. The highest BCUT2D eigenvalue weighted by Gasteiger charge is 2.11. The van der Waals surface area contributed by atoms with E-state index in [0.717, 1.165) is 11.4 Å². The van der Waals surface area contributed by atoms with Crippen LogP contribution in [0.1, 0.15) is 11.4 Å². The van der Waals surface area contributed by atoms with Crippen LogP contribution in [0.3, 0.4) is 0 Å². The van der Waals surface area contributed by atoms with Crippen LogP contribution in [0.15, 0.2) is 28.2 Å². The van der Waals surface area contributed by atoms with Gasteiger partial charge in [-0.3, -0.25) is 4.79 Å². The van der Waals surface area contributed by atoms with Gasteiger partial charge in [0.1, 0.15) is 12.0 Å². The molecule has 0 unspecified atom stereocenters. The van der Waals surface area contributed by atoms with Gasteiger partial charge in [-0.05, 0) is 6.92 Å². The standard InChI is InChI=1S/C10H11N3O3S/c1-7-4-11-10(17-6-9(14)15)13(7)5-8-2-3-16-12-8/h2-4H,5-6H2,1H3,(H,14,15). The Hall–Kier alpha value is -1.76. The summed E-state index contributed by atoms with van der Waals surface area (Å²) in [4.78, 5) is 14.7. The highest BCUT2D eigenvalue weighted by atomic mass is 32.2. The van der Waals surface area contributed by atoms with E-state index in [-0.39, 0.29) is 5.75 Å². The van der Waals surface area contributed by atoms with Crippen LogP contribution >= 0.6 is 11.8 Å². The van der Waals surface area contributed by atoms with E-state index < -0.39 is 5.97 Å². The molecule has 0 saturated heterocycles. The number of aryl methyl sites for hydroxylation is 1. The third-order valence-corrected chi connectivity index (χ3v) is 3.13. The number of carboxylic acid groups (broad SMARTS) is 1. The summed E-state index contributed by atoms with van der Waals surface area (Å²) in [7, 11) is 0. The molecule has 2 aromatic rings. The zero-order valence-electron chi connectivity index (χ0n) is 9.16. The second-order valence-corrected chi connectivity index (χ2v) is 4.38. The first-order valence-electron chi connectivity index (χ1n) is 4.93. The molecular weight excluding hydrogens is 242 g/mol. The van der Waals surface area contributed by atoms with Crippen LogP contribution in [0.2, 0.25) is 0 Å². The third kappa shape index (κ3) is 2.88. The minimum Gasteiger partial charge on any atom is -0.481 e. The number of imidazole rings is 1. The fraction of sp³-hybridized carbons (Fsp3) is 0.300. The van der Waals surface area contributed by atoms with Gasteiger partial charge in [0.15, 0.2) is 5.16 Å². The van der Waals surface area contributed by atoms with Crippen LogP contribution in [-0.2, 0) is 11.3 Å². The van der Waals surface area contributed by atoms with Gasteiger partial charge in [-0.2, -0.15) is 0 Å². The molecule has 0 atom stereocenters. The Labute approximate surface area is 102 Å². The van der Waals surface area contributed by atoms with Crippen LogP contribution in [0.4, 0.5) is 0 Å². The number of hydrogen-bond donors (Lipinski definition) is 1. The summed E-state index contributed by atoms with van der Waals surface area (Å²) >= 11 is 1.19. The maximum Gasteiger partial charge on any atom is 0.313 e. The van der Waals surface area contributed by atoms with Crippen molar-refractivity contribution < 1.29 is 14.4 Å². The summed E-state index contributed by atoms with van der Waals surface area (Å²) in [6.07, 6.45) is 3.22. The van der Waals surface area contributed by atoms with E-state index in [1.165, 1.54) is 18.0 Å². The molecule has 6 nitrogen and oxygen atoms in total. The summed E-state index contributed by atoms with van der Waals surface area (Å²) < 4.78 is 6.66. The van der Waals surface area contributed by atoms with Crippen molar-refractivity contribution in [1.29, 1.82) is 0 Å². The summed E-state index contributed by atoms with van der Waals surface area (Å²) in [5.41, 5.74) is 1.74. The van der Waals surface area contributed by atoms with E-state index in [2.05, 4.69) is 10.1 Å². The lowest BCUT2D eigenvalue weighted by molar-refractivity contribution is -0.133. The number of carboxylic acids is 1. The van der Waals surface area contributed by atoms with Gasteiger partial charge in [-0.1, -0.05) is 16.9 Å². The number of hydrogen-bond acceptors (Lipinski definition) is 5. The Bertz CT molecular complexity index is 507. The predicted octanol–water partition coefficient (Wildman–Crippen LogP) is 1.40. The fourth-order valence-electron chi connectivity index (χ4n) is 1.35. The molecule has 2 rings (SSSR count). The van der Waals surface area contributed by atoms with E-state index in [0.29, 0.717) is 11.7 Å². The lowest BCUT2D eigenvalue weighted by Crippen LogP contribution is -2.06. The predicted molar refractivity (Wildman–Crippen MR) is 60.9 cm³/mol. The van der Waals surface area contributed by atoms with Crippen molar-refractivity contribution in [3.05, 3.63) is 29.9 Å². The minimum absolute atomic E-state index is 0.00469. The maximum absolute atomic E-state index is 10.5. The molecule has 0 aliphatic carbocycles. The number of rotatable bonds is 5. The summed E-state index contributed by atoms with van der Waals surface area (Å²) in [5, 5.41) is 13.1. The minimum atomic E-state index is -0.858. The Balaban J connectivity index is 2.14. The summed E-state index contributed by atoms with van der Waals surface area (Å²) in [6, 6.07) is 1.77. The van der Waals surface area contributed by atoms with Crippen LogP contribution in [0.25, 0.3) is 0 Å². The molecule has 0 radical (unpaired) electrons. The van der Waals surface area contributed by atoms with E-state index in [9.17, 15) is 4.79 Å². The van der Waals surface area contributed by atoms with Gasteiger partial charge in [-0.25, -0.2) is 4.98 Å². The first-order chi connectivity index (χ1) is 8.16. The summed E-state index contributed by atoms with van der Waals surface area (Å²) in [6.45, 7) is 2.45. The van der Waals surface area contributed by atoms with Crippen molar-refractivity contribution in [3.8, 4) is 0 Å². The Morgan fingerprint density at radius 2 is 2.47 bits per heavy atom. The van der Waals surface area contributed by atoms with Gasteiger partial charge in [0.05, 0.1) is 12.3 Å². The van der Waals surface area contributed by atoms with Gasteiger partial charge in [0.25, 0.3) is 0 Å². The number of nitrogens with zero attached hydrogens (tertiary/aromatic N) is 3. The molecule has 2 aromatic heterocycles. The van der Waals surface area contributed by atoms with Gasteiger partial charge < -0.3 is 14.2 Å². The molecule has 90 valence electrons. The lowest BCUT2D eigenvalue weighted by atomic mass is 10.4. The molecule has 7 heteroatoms. The Kier molecular flexibility index (Phi) is 3.48. The maximum atomic E-state index is 10.5. The molecule has 0 saturated carbocycles. The first-order valence-corrected chi connectivity index (χ1v) is 5.91. The quantitative estimate of drug-likeness (QED) is 0.811. The highest BCUT2D eigenvalue weighted by Crippen LogP contribution is 2.19. The van der Waals surface area contributed by atoms with Crippen molar-refractivity contribution in [1.82, 2.24) is 14.7 Å². The van der Waals surface area contributed by atoms with Crippen LogP contribution in [0, 0.1) is 6.92 Å².